The Labute approximate surface area is 106 Å². The van der Waals surface area contributed by atoms with Crippen molar-refractivity contribution in [1.29, 1.82) is 0 Å². The Balaban J connectivity index is 1.98. The number of aromatic nitrogens is 2. The third kappa shape index (κ3) is 3.47. The van der Waals surface area contributed by atoms with E-state index in [9.17, 15) is 0 Å². The van der Waals surface area contributed by atoms with E-state index in [0.717, 1.165) is 30.5 Å². The van der Waals surface area contributed by atoms with Gasteiger partial charge in [0.05, 0.1) is 0 Å². The van der Waals surface area contributed by atoms with Crippen molar-refractivity contribution in [3.63, 3.8) is 0 Å². The largest absolute Gasteiger partial charge is 0.370 e. The summed E-state index contributed by atoms with van der Waals surface area (Å²) < 4.78 is 0. The number of anilines is 2. The third-order valence-corrected chi connectivity index (χ3v) is 4.06. The zero-order valence-corrected chi connectivity index (χ0v) is 10.9. The Morgan fingerprint density at radius 1 is 1.47 bits per heavy atom. The van der Waals surface area contributed by atoms with Gasteiger partial charge in [-0.2, -0.15) is 11.8 Å². The smallest absolute Gasteiger partial charge is 0.145 e. The second kappa shape index (κ2) is 6.07. The summed E-state index contributed by atoms with van der Waals surface area (Å²) in [4.78, 5) is 8.70. The minimum Gasteiger partial charge on any atom is -0.370 e. The summed E-state index contributed by atoms with van der Waals surface area (Å²) in [5, 5.41) is 3.38. The molecule has 0 spiro atoms. The highest BCUT2D eigenvalue weighted by atomic mass is 32.2. The molecule has 94 valence electrons. The van der Waals surface area contributed by atoms with Crippen molar-refractivity contribution in [2.45, 2.75) is 19.8 Å². The Morgan fingerprint density at radius 3 is 2.94 bits per heavy atom. The van der Waals surface area contributed by atoms with E-state index < -0.39 is 0 Å². The fourth-order valence-corrected chi connectivity index (χ4v) is 3.10. The van der Waals surface area contributed by atoms with E-state index in [1.807, 2.05) is 24.8 Å². The van der Waals surface area contributed by atoms with Gasteiger partial charge in [-0.3, -0.25) is 0 Å². The second-order valence-corrected chi connectivity index (χ2v) is 5.31. The summed E-state index contributed by atoms with van der Waals surface area (Å²) >= 11 is 2.03. The summed E-state index contributed by atoms with van der Waals surface area (Å²) in [6, 6.07) is 1.85. The number of hydrogen-bond donors (Lipinski definition) is 3. The number of nitrogen functional groups attached to an aromatic ring is 1. The zero-order chi connectivity index (χ0) is 12.1. The normalized spacial score (nSPS) is 19.3. The molecule has 1 unspecified atom stereocenters. The van der Waals surface area contributed by atoms with Gasteiger partial charge in [-0.1, -0.05) is 6.92 Å². The quantitative estimate of drug-likeness (QED) is 0.545. The fraction of sp³-hybridized carbons (Fsp3) is 0.636. The first kappa shape index (κ1) is 12.4. The molecular weight excluding hydrogens is 234 g/mol. The van der Waals surface area contributed by atoms with Gasteiger partial charge in [0.2, 0.25) is 0 Å². The van der Waals surface area contributed by atoms with Gasteiger partial charge in [0.1, 0.15) is 17.5 Å². The first-order valence-electron chi connectivity index (χ1n) is 5.98. The van der Waals surface area contributed by atoms with Crippen molar-refractivity contribution >= 4 is 23.4 Å². The first-order chi connectivity index (χ1) is 8.31. The van der Waals surface area contributed by atoms with Crippen LogP contribution in [0.2, 0.25) is 0 Å². The van der Waals surface area contributed by atoms with Crippen molar-refractivity contribution in [1.82, 2.24) is 9.97 Å². The monoisotopic (exact) mass is 253 g/mol. The van der Waals surface area contributed by atoms with Gasteiger partial charge in [0.15, 0.2) is 0 Å². The van der Waals surface area contributed by atoms with Crippen LogP contribution in [-0.2, 0) is 6.42 Å². The topological polar surface area (TPSA) is 75.9 Å². The van der Waals surface area contributed by atoms with E-state index >= 15 is 0 Å². The van der Waals surface area contributed by atoms with Crippen LogP contribution in [0.1, 0.15) is 19.2 Å². The van der Waals surface area contributed by atoms with Gasteiger partial charge >= 0.3 is 0 Å². The maximum absolute atomic E-state index is 5.39. The Kier molecular flexibility index (Phi) is 4.44. The van der Waals surface area contributed by atoms with E-state index in [2.05, 4.69) is 20.7 Å². The molecule has 1 aliphatic heterocycles. The number of nitrogens with one attached hydrogen (secondary N) is 2. The van der Waals surface area contributed by atoms with Crippen molar-refractivity contribution < 1.29 is 0 Å². The molecule has 1 aromatic heterocycles. The summed E-state index contributed by atoms with van der Waals surface area (Å²) in [7, 11) is 0. The molecule has 0 aliphatic carbocycles. The molecule has 0 radical (unpaired) electrons. The minimum absolute atomic E-state index is 0.667. The number of aryl methyl sites for hydroxylation is 1. The molecule has 1 fully saturated rings. The number of thioether (sulfide) groups is 1. The summed E-state index contributed by atoms with van der Waals surface area (Å²) in [6.45, 7) is 3.02. The van der Waals surface area contributed by atoms with E-state index in [0.29, 0.717) is 5.82 Å². The lowest BCUT2D eigenvalue weighted by Crippen LogP contribution is -2.16. The van der Waals surface area contributed by atoms with Gasteiger partial charge in [0, 0.05) is 19.0 Å². The highest BCUT2D eigenvalue weighted by Crippen LogP contribution is 2.23. The maximum atomic E-state index is 5.39. The van der Waals surface area contributed by atoms with Crippen LogP contribution in [-0.4, -0.2) is 28.0 Å². The van der Waals surface area contributed by atoms with Gasteiger partial charge in [0.25, 0.3) is 0 Å². The van der Waals surface area contributed by atoms with E-state index in [1.165, 1.54) is 17.9 Å². The van der Waals surface area contributed by atoms with E-state index in [1.54, 1.807) is 0 Å². The standard InChI is InChI=1S/C11H19N5S/c1-2-9-14-10(5-11(15-9)16-12)13-6-8-3-4-17-7-8/h5,8H,2-4,6-7,12H2,1H3,(H2,13,14,15,16). The molecule has 1 saturated heterocycles. The molecule has 6 heteroatoms. The molecule has 0 bridgehead atoms. The highest BCUT2D eigenvalue weighted by molar-refractivity contribution is 7.99. The fourth-order valence-electron chi connectivity index (χ4n) is 1.81. The van der Waals surface area contributed by atoms with Gasteiger partial charge < -0.3 is 10.7 Å². The average molecular weight is 253 g/mol. The number of hydrogen-bond acceptors (Lipinski definition) is 6. The molecule has 5 nitrogen and oxygen atoms in total. The Hall–Kier alpha value is -1.01. The third-order valence-electron chi connectivity index (χ3n) is 2.83. The number of hydrazine groups is 1. The molecule has 0 aromatic carbocycles. The minimum atomic E-state index is 0.667. The summed E-state index contributed by atoms with van der Waals surface area (Å²) in [5.74, 6) is 11.0. The average Bonchev–Trinajstić information content (AvgIpc) is 2.89. The number of nitrogens with two attached hydrogens (primary N) is 1. The van der Waals surface area contributed by atoms with Crippen LogP contribution in [0.3, 0.4) is 0 Å². The molecule has 1 aromatic rings. The van der Waals surface area contributed by atoms with Crippen molar-refractivity contribution in [2.75, 3.05) is 28.8 Å². The lowest BCUT2D eigenvalue weighted by Gasteiger charge is -2.12. The predicted octanol–water partition coefficient (Wildman–Crippen LogP) is 1.49. The van der Waals surface area contributed by atoms with Crippen LogP contribution in [0.5, 0.6) is 0 Å². The molecule has 1 aliphatic rings. The molecule has 1 atom stereocenters. The van der Waals surface area contributed by atoms with E-state index in [4.69, 9.17) is 5.84 Å². The molecule has 17 heavy (non-hydrogen) atoms. The van der Waals surface area contributed by atoms with Crippen molar-refractivity contribution in [3.05, 3.63) is 11.9 Å². The number of rotatable bonds is 5. The van der Waals surface area contributed by atoms with Gasteiger partial charge in [-0.25, -0.2) is 15.8 Å². The van der Waals surface area contributed by atoms with Gasteiger partial charge in [-0.05, 0) is 23.8 Å². The Bertz CT molecular complexity index is 343. The van der Waals surface area contributed by atoms with Crippen LogP contribution in [0.25, 0.3) is 0 Å². The molecule has 2 heterocycles. The molecule has 0 amide bonds. The molecular formula is C11H19N5S. The predicted molar refractivity (Wildman–Crippen MR) is 73.1 cm³/mol. The van der Waals surface area contributed by atoms with Crippen molar-refractivity contribution in [2.24, 2.45) is 11.8 Å². The zero-order valence-electron chi connectivity index (χ0n) is 10.1. The molecule has 0 saturated carbocycles. The van der Waals surface area contributed by atoms with Crippen LogP contribution in [0, 0.1) is 5.92 Å². The highest BCUT2D eigenvalue weighted by Gasteiger charge is 2.15. The molecule has 2 rings (SSSR count). The number of nitrogens with zero attached hydrogens (tertiary/aromatic N) is 2. The Morgan fingerprint density at radius 2 is 2.29 bits per heavy atom. The SMILES string of the molecule is CCc1nc(NN)cc(NCC2CCSC2)n1. The van der Waals surface area contributed by atoms with Crippen LogP contribution in [0.15, 0.2) is 6.07 Å². The van der Waals surface area contributed by atoms with Crippen LogP contribution >= 0.6 is 11.8 Å². The summed E-state index contributed by atoms with van der Waals surface area (Å²) in [6.07, 6.45) is 2.11. The maximum Gasteiger partial charge on any atom is 0.145 e. The lowest BCUT2D eigenvalue weighted by atomic mass is 10.1. The van der Waals surface area contributed by atoms with Gasteiger partial charge in [-0.15, -0.1) is 0 Å². The second-order valence-electron chi connectivity index (χ2n) is 4.16. The van der Waals surface area contributed by atoms with Crippen LogP contribution < -0.4 is 16.6 Å². The summed E-state index contributed by atoms with van der Waals surface area (Å²) in [5.41, 5.74) is 2.57. The van der Waals surface area contributed by atoms with Crippen molar-refractivity contribution in [3.8, 4) is 0 Å². The molecule has 4 N–H and O–H groups in total. The first-order valence-corrected chi connectivity index (χ1v) is 7.13. The van der Waals surface area contributed by atoms with Crippen LogP contribution in [0.4, 0.5) is 11.6 Å². The van der Waals surface area contributed by atoms with E-state index in [-0.39, 0.29) is 0 Å². The lowest BCUT2D eigenvalue weighted by molar-refractivity contribution is 0.630.